The van der Waals surface area contributed by atoms with Crippen LogP contribution in [0.3, 0.4) is 0 Å². The van der Waals surface area contributed by atoms with Crippen molar-refractivity contribution in [1.29, 1.82) is 0 Å². The molecule has 0 saturated carbocycles. The first kappa shape index (κ1) is 17.6. The van der Waals surface area contributed by atoms with Gasteiger partial charge in [-0.3, -0.25) is 0 Å². The predicted octanol–water partition coefficient (Wildman–Crippen LogP) is 6.55. The van der Waals surface area contributed by atoms with Crippen LogP contribution in [0.2, 0.25) is 0 Å². The van der Waals surface area contributed by atoms with E-state index in [1.54, 1.807) is 0 Å². The summed E-state index contributed by atoms with van der Waals surface area (Å²) in [5.41, 5.74) is 4.54. The number of hydrogen-bond acceptors (Lipinski definition) is 0. The van der Waals surface area contributed by atoms with Gasteiger partial charge in [-0.05, 0) is 53.7 Å². The van der Waals surface area contributed by atoms with Crippen molar-refractivity contribution in [2.24, 2.45) is 11.3 Å². The van der Waals surface area contributed by atoms with E-state index in [0.29, 0.717) is 11.3 Å². The molecule has 2 unspecified atom stereocenters. The standard InChI is InChI=1S/C19H31Cl/c1-7-15-9-10-16(8-2)17(12-15)18(20)11-14(3)13-19(4,5)6/h9-10,12,14,18H,7-8,11,13H2,1-6H3. The van der Waals surface area contributed by atoms with Gasteiger partial charge in [0.1, 0.15) is 0 Å². The molecule has 0 aliphatic rings. The molecule has 20 heavy (non-hydrogen) atoms. The highest BCUT2D eigenvalue weighted by Gasteiger charge is 2.20. The zero-order valence-electron chi connectivity index (χ0n) is 14.1. The SMILES string of the molecule is CCc1ccc(CC)c(C(Cl)CC(C)CC(C)(C)C)c1. The Bertz CT molecular complexity index is 414. The van der Waals surface area contributed by atoms with Crippen LogP contribution < -0.4 is 0 Å². The lowest BCUT2D eigenvalue weighted by atomic mass is 9.82. The quantitative estimate of drug-likeness (QED) is 0.522. The molecule has 114 valence electrons. The van der Waals surface area contributed by atoms with E-state index in [1.807, 2.05) is 0 Å². The summed E-state index contributed by atoms with van der Waals surface area (Å²) in [6.45, 7) is 13.7. The second kappa shape index (κ2) is 7.50. The molecule has 0 aliphatic heterocycles. The van der Waals surface area contributed by atoms with Gasteiger partial charge in [-0.25, -0.2) is 0 Å². The molecule has 0 saturated heterocycles. The molecular weight excluding hydrogens is 264 g/mol. The maximum absolute atomic E-state index is 6.74. The van der Waals surface area contributed by atoms with Crippen molar-refractivity contribution in [3.05, 3.63) is 34.9 Å². The van der Waals surface area contributed by atoms with Crippen LogP contribution in [0.25, 0.3) is 0 Å². The van der Waals surface area contributed by atoms with Gasteiger partial charge in [0.15, 0.2) is 0 Å². The number of rotatable bonds is 6. The summed E-state index contributed by atoms with van der Waals surface area (Å²) in [5, 5.41) is 0.147. The average molecular weight is 295 g/mol. The van der Waals surface area contributed by atoms with E-state index in [2.05, 4.69) is 59.7 Å². The molecule has 0 N–H and O–H groups in total. The molecule has 1 rings (SSSR count). The van der Waals surface area contributed by atoms with Crippen molar-refractivity contribution in [3.63, 3.8) is 0 Å². The van der Waals surface area contributed by atoms with Crippen molar-refractivity contribution >= 4 is 11.6 Å². The third-order valence-corrected chi connectivity index (χ3v) is 4.32. The van der Waals surface area contributed by atoms with Gasteiger partial charge in [-0.1, -0.05) is 59.7 Å². The first-order chi connectivity index (χ1) is 9.26. The van der Waals surface area contributed by atoms with E-state index >= 15 is 0 Å². The van der Waals surface area contributed by atoms with Crippen LogP contribution in [0, 0.1) is 11.3 Å². The van der Waals surface area contributed by atoms with Crippen LogP contribution in [0.4, 0.5) is 0 Å². The fourth-order valence-electron chi connectivity index (χ4n) is 3.09. The summed E-state index contributed by atoms with van der Waals surface area (Å²) in [4.78, 5) is 0. The second-order valence-corrected chi connectivity index (χ2v) is 7.84. The van der Waals surface area contributed by atoms with Crippen LogP contribution in [-0.2, 0) is 12.8 Å². The van der Waals surface area contributed by atoms with Crippen molar-refractivity contribution in [3.8, 4) is 0 Å². The third kappa shape index (κ3) is 5.48. The topological polar surface area (TPSA) is 0 Å². The zero-order valence-corrected chi connectivity index (χ0v) is 14.8. The highest BCUT2D eigenvalue weighted by atomic mass is 35.5. The number of halogens is 1. The molecule has 0 bridgehead atoms. The summed E-state index contributed by atoms with van der Waals surface area (Å²) in [5.74, 6) is 0.660. The third-order valence-electron chi connectivity index (χ3n) is 3.91. The van der Waals surface area contributed by atoms with Crippen molar-refractivity contribution in [1.82, 2.24) is 0 Å². The number of hydrogen-bond donors (Lipinski definition) is 0. The van der Waals surface area contributed by atoms with E-state index in [4.69, 9.17) is 11.6 Å². The lowest BCUT2D eigenvalue weighted by Gasteiger charge is -2.25. The Kier molecular flexibility index (Phi) is 6.58. The Morgan fingerprint density at radius 2 is 1.75 bits per heavy atom. The van der Waals surface area contributed by atoms with Crippen molar-refractivity contribution < 1.29 is 0 Å². The summed E-state index contributed by atoms with van der Waals surface area (Å²) >= 11 is 6.74. The predicted molar refractivity (Wildman–Crippen MR) is 91.6 cm³/mol. The summed E-state index contributed by atoms with van der Waals surface area (Å²) in [6.07, 6.45) is 4.44. The molecule has 2 atom stereocenters. The largest absolute Gasteiger partial charge is 0.118 e. The number of aryl methyl sites for hydroxylation is 2. The second-order valence-electron chi connectivity index (χ2n) is 7.31. The van der Waals surface area contributed by atoms with Crippen LogP contribution in [0.5, 0.6) is 0 Å². The van der Waals surface area contributed by atoms with Crippen LogP contribution >= 0.6 is 11.6 Å². The van der Waals surface area contributed by atoms with Crippen LogP contribution in [0.1, 0.15) is 76.5 Å². The summed E-state index contributed by atoms with van der Waals surface area (Å²) < 4.78 is 0. The first-order valence-corrected chi connectivity index (χ1v) is 8.46. The van der Waals surface area contributed by atoms with Gasteiger partial charge in [0.25, 0.3) is 0 Å². The summed E-state index contributed by atoms with van der Waals surface area (Å²) in [7, 11) is 0. The van der Waals surface area contributed by atoms with Gasteiger partial charge in [-0.2, -0.15) is 0 Å². The zero-order chi connectivity index (χ0) is 15.3. The fraction of sp³-hybridized carbons (Fsp3) is 0.684. The molecule has 0 nitrogen and oxygen atoms in total. The Labute approximate surface area is 130 Å². The molecule has 0 fully saturated rings. The van der Waals surface area contributed by atoms with Gasteiger partial charge in [-0.15, -0.1) is 11.6 Å². The Balaban J connectivity index is 2.82. The maximum Gasteiger partial charge on any atom is 0.0590 e. The van der Waals surface area contributed by atoms with E-state index in [1.165, 1.54) is 23.1 Å². The molecule has 0 aromatic heterocycles. The Hall–Kier alpha value is -0.490. The lowest BCUT2D eigenvalue weighted by Crippen LogP contribution is -2.13. The van der Waals surface area contributed by atoms with Gasteiger partial charge in [0.2, 0.25) is 0 Å². The van der Waals surface area contributed by atoms with Crippen molar-refractivity contribution in [2.75, 3.05) is 0 Å². The molecule has 0 spiro atoms. The fourth-order valence-corrected chi connectivity index (χ4v) is 3.59. The van der Waals surface area contributed by atoms with E-state index in [9.17, 15) is 0 Å². The van der Waals surface area contributed by atoms with Gasteiger partial charge in [0.05, 0.1) is 5.38 Å². The molecule has 1 heteroatoms. The smallest absolute Gasteiger partial charge is 0.0590 e. The van der Waals surface area contributed by atoms with Crippen LogP contribution in [0.15, 0.2) is 18.2 Å². The maximum atomic E-state index is 6.74. The van der Waals surface area contributed by atoms with E-state index in [0.717, 1.165) is 19.3 Å². The van der Waals surface area contributed by atoms with E-state index < -0.39 is 0 Å². The minimum Gasteiger partial charge on any atom is -0.118 e. The molecule has 0 amide bonds. The van der Waals surface area contributed by atoms with Crippen LogP contribution in [-0.4, -0.2) is 0 Å². The molecule has 0 radical (unpaired) electrons. The molecular formula is C19H31Cl. The average Bonchev–Trinajstić information content (AvgIpc) is 2.35. The lowest BCUT2D eigenvalue weighted by molar-refractivity contribution is 0.295. The monoisotopic (exact) mass is 294 g/mol. The number of alkyl halides is 1. The van der Waals surface area contributed by atoms with Gasteiger partial charge >= 0.3 is 0 Å². The number of benzene rings is 1. The first-order valence-electron chi connectivity index (χ1n) is 8.02. The minimum atomic E-state index is 0.147. The van der Waals surface area contributed by atoms with Gasteiger partial charge < -0.3 is 0 Å². The Morgan fingerprint density at radius 3 is 2.25 bits per heavy atom. The highest BCUT2D eigenvalue weighted by molar-refractivity contribution is 6.20. The normalized spacial score (nSPS) is 15.2. The summed E-state index contributed by atoms with van der Waals surface area (Å²) in [6, 6.07) is 6.82. The van der Waals surface area contributed by atoms with Gasteiger partial charge in [0, 0.05) is 0 Å². The molecule has 0 heterocycles. The molecule has 1 aromatic carbocycles. The highest BCUT2D eigenvalue weighted by Crippen LogP contribution is 2.35. The Morgan fingerprint density at radius 1 is 1.10 bits per heavy atom. The molecule has 1 aromatic rings. The van der Waals surface area contributed by atoms with Crippen molar-refractivity contribution in [2.45, 2.75) is 72.6 Å². The minimum absolute atomic E-state index is 0.147. The molecule has 0 aliphatic carbocycles. The van der Waals surface area contributed by atoms with E-state index in [-0.39, 0.29) is 5.38 Å².